The molecule has 33 heavy (non-hydrogen) atoms. The van der Waals surface area contributed by atoms with Crippen molar-refractivity contribution in [2.45, 2.75) is 79.7 Å². The molecule has 0 unspecified atom stereocenters. The van der Waals surface area contributed by atoms with Crippen molar-refractivity contribution < 1.29 is 19.5 Å². The SMILES string of the molecule is CC(C)C[C@H](C1CCC(C)CC1)[C@H](C(=O)O)C(=O)N[C@H](C(=O)Nc1ccccn1)C(C)(C)C. The quantitative estimate of drug-likeness (QED) is 0.462. The van der Waals surface area contributed by atoms with Crippen LogP contribution in [-0.2, 0) is 14.4 Å². The number of amides is 2. The van der Waals surface area contributed by atoms with E-state index < -0.39 is 35.2 Å². The second kappa shape index (κ2) is 11.6. The van der Waals surface area contributed by atoms with E-state index in [2.05, 4.69) is 36.4 Å². The molecule has 0 aliphatic heterocycles. The maximum atomic E-state index is 13.4. The molecular formula is C26H41N3O4. The number of nitrogens with one attached hydrogen (secondary N) is 2. The zero-order chi connectivity index (χ0) is 24.8. The topological polar surface area (TPSA) is 108 Å². The van der Waals surface area contributed by atoms with E-state index in [1.165, 1.54) is 0 Å². The summed E-state index contributed by atoms with van der Waals surface area (Å²) >= 11 is 0. The van der Waals surface area contributed by atoms with E-state index in [4.69, 9.17) is 0 Å². The van der Waals surface area contributed by atoms with Crippen LogP contribution in [0, 0.1) is 35.0 Å². The van der Waals surface area contributed by atoms with Gasteiger partial charge >= 0.3 is 5.97 Å². The van der Waals surface area contributed by atoms with Crippen molar-refractivity contribution in [1.82, 2.24) is 10.3 Å². The Morgan fingerprint density at radius 3 is 2.21 bits per heavy atom. The van der Waals surface area contributed by atoms with Crippen LogP contribution >= 0.6 is 0 Å². The highest BCUT2D eigenvalue weighted by molar-refractivity contribution is 6.02. The Balaban J connectivity index is 2.26. The molecule has 184 valence electrons. The molecule has 2 rings (SSSR count). The molecule has 0 saturated heterocycles. The Morgan fingerprint density at radius 2 is 1.73 bits per heavy atom. The fourth-order valence-electron chi connectivity index (χ4n) is 4.89. The van der Waals surface area contributed by atoms with Gasteiger partial charge in [-0.2, -0.15) is 0 Å². The summed E-state index contributed by atoms with van der Waals surface area (Å²) in [6.45, 7) is 11.9. The normalized spacial score (nSPS) is 21.7. The Morgan fingerprint density at radius 1 is 1.09 bits per heavy atom. The van der Waals surface area contributed by atoms with Gasteiger partial charge in [0.25, 0.3) is 0 Å². The van der Waals surface area contributed by atoms with Crippen molar-refractivity contribution >= 4 is 23.6 Å². The van der Waals surface area contributed by atoms with E-state index >= 15 is 0 Å². The molecule has 0 radical (unpaired) electrons. The molecule has 1 aliphatic rings. The van der Waals surface area contributed by atoms with Gasteiger partial charge < -0.3 is 15.7 Å². The van der Waals surface area contributed by atoms with Crippen LogP contribution in [0.1, 0.15) is 73.6 Å². The summed E-state index contributed by atoms with van der Waals surface area (Å²) in [5, 5.41) is 15.7. The van der Waals surface area contributed by atoms with Crippen molar-refractivity contribution in [2.24, 2.45) is 35.0 Å². The van der Waals surface area contributed by atoms with E-state index in [-0.39, 0.29) is 17.8 Å². The van der Waals surface area contributed by atoms with Gasteiger partial charge in [0.1, 0.15) is 17.8 Å². The third kappa shape index (κ3) is 7.83. The van der Waals surface area contributed by atoms with Crippen LogP contribution < -0.4 is 10.6 Å². The number of anilines is 1. The molecule has 1 fully saturated rings. The maximum absolute atomic E-state index is 13.4. The number of aliphatic carboxylic acids is 1. The monoisotopic (exact) mass is 459 g/mol. The predicted octanol–water partition coefficient (Wildman–Crippen LogP) is 4.74. The minimum absolute atomic E-state index is 0.200. The molecule has 1 heterocycles. The largest absolute Gasteiger partial charge is 0.481 e. The molecule has 7 nitrogen and oxygen atoms in total. The predicted molar refractivity (Wildman–Crippen MR) is 129 cm³/mol. The summed E-state index contributed by atoms with van der Waals surface area (Å²) in [4.78, 5) is 43.0. The molecule has 3 N–H and O–H groups in total. The molecule has 1 saturated carbocycles. The van der Waals surface area contributed by atoms with Crippen molar-refractivity contribution in [3.63, 3.8) is 0 Å². The number of nitrogens with zero attached hydrogens (tertiary/aromatic N) is 1. The van der Waals surface area contributed by atoms with Gasteiger partial charge in [-0.05, 0) is 60.5 Å². The van der Waals surface area contributed by atoms with E-state index in [0.717, 1.165) is 25.7 Å². The average Bonchev–Trinajstić information content (AvgIpc) is 2.71. The van der Waals surface area contributed by atoms with Gasteiger partial charge in [-0.25, -0.2) is 4.98 Å². The third-order valence-electron chi connectivity index (χ3n) is 6.72. The molecule has 2 amide bonds. The second-order valence-corrected chi connectivity index (χ2v) is 11.1. The number of rotatable bonds is 9. The van der Waals surface area contributed by atoms with Gasteiger partial charge in [0.2, 0.25) is 11.8 Å². The van der Waals surface area contributed by atoms with E-state index in [9.17, 15) is 19.5 Å². The fraction of sp³-hybridized carbons (Fsp3) is 0.692. The van der Waals surface area contributed by atoms with Gasteiger partial charge in [0.15, 0.2) is 0 Å². The van der Waals surface area contributed by atoms with Crippen LogP contribution in [0.25, 0.3) is 0 Å². The van der Waals surface area contributed by atoms with Gasteiger partial charge in [-0.3, -0.25) is 14.4 Å². The Bertz CT molecular complexity index is 796. The van der Waals surface area contributed by atoms with Crippen molar-refractivity contribution in [3.05, 3.63) is 24.4 Å². The van der Waals surface area contributed by atoms with Crippen molar-refractivity contribution in [1.29, 1.82) is 0 Å². The highest BCUT2D eigenvalue weighted by Gasteiger charge is 2.43. The van der Waals surface area contributed by atoms with Crippen LogP contribution in [-0.4, -0.2) is 33.9 Å². The molecule has 0 bridgehead atoms. The zero-order valence-corrected chi connectivity index (χ0v) is 20.9. The third-order valence-corrected chi connectivity index (χ3v) is 6.72. The number of hydrogen-bond acceptors (Lipinski definition) is 4. The molecular weight excluding hydrogens is 418 g/mol. The van der Waals surface area contributed by atoms with Gasteiger partial charge in [0, 0.05) is 6.20 Å². The summed E-state index contributed by atoms with van der Waals surface area (Å²) in [5.74, 6) is -2.05. The van der Waals surface area contributed by atoms with E-state index in [1.807, 2.05) is 20.8 Å². The highest BCUT2D eigenvalue weighted by Crippen LogP contribution is 2.40. The highest BCUT2D eigenvalue weighted by atomic mass is 16.4. The lowest BCUT2D eigenvalue weighted by Gasteiger charge is -2.37. The van der Waals surface area contributed by atoms with Gasteiger partial charge in [-0.1, -0.05) is 60.5 Å². The van der Waals surface area contributed by atoms with Crippen LogP contribution in [0.2, 0.25) is 0 Å². The smallest absolute Gasteiger partial charge is 0.316 e. The number of carboxylic acids is 1. The molecule has 1 aromatic heterocycles. The minimum Gasteiger partial charge on any atom is -0.481 e. The number of carboxylic acid groups (broad SMARTS) is 1. The maximum Gasteiger partial charge on any atom is 0.316 e. The Hall–Kier alpha value is -2.44. The lowest BCUT2D eigenvalue weighted by molar-refractivity contribution is -0.152. The van der Waals surface area contributed by atoms with Gasteiger partial charge in [0.05, 0.1) is 0 Å². The Labute approximate surface area is 198 Å². The van der Waals surface area contributed by atoms with Crippen LogP contribution in [0.5, 0.6) is 0 Å². The number of pyridine rings is 1. The summed E-state index contributed by atoms with van der Waals surface area (Å²) in [7, 11) is 0. The summed E-state index contributed by atoms with van der Waals surface area (Å²) in [5.41, 5.74) is -0.620. The zero-order valence-electron chi connectivity index (χ0n) is 20.9. The van der Waals surface area contributed by atoms with E-state index in [1.54, 1.807) is 24.4 Å². The second-order valence-electron chi connectivity index (χ2n) is 11.1. The first-order chi connectivity index (χ1) is 15.4. The molecule has 0 aromatic carbocycles. The summed E-state index contributed by atoms with van der Waals surface area (Å²) < 4.78 is 0. The molecule has 3 atom stereocenters. The molecule has 1 aromatic rings. The number of carbonyl (C=O) groups excluding carboxylic acids is 2. The first-order valence-electron chi connectivity index (χ1n) is 12.1. The molecule has 0 spiro atoms. The summed E-state index contributed by atoms with van der Waals surface area (Å²) in [6.07, 6.45) is 6.25. The summed E-state index contributed by atoms with van der Waals surface area (Å²) in [6, 6.07) is 4.27. The molecule has 1 aliphatic carbocycles. The van der Waals surface area contributed by atoms with Crippen molar-refractivity contribution in [3.8, 4) is 0 Å². The van der Waals surface area contributed by atoms with Gasteiger partial charge in [-0.15, -0.1) is 0 Å². The Kier molecular flexibility index (Phi) is 9.44. The minimum atomic E-state index is -1.18. The van der Waals surface area contributed by atoms with Crippen LogP contribution in [0.15, 0.2) is 24.4 Å². The van der Waals surface area contributed by atoms with E-state index in [0.29, 0.717) is 18.2 Å². The average molecular weight is 460 g/mol. The standard InChI is InChI=1S/C26H41N3O4/c1-16(2)15-19(18-12-10-17(3)11-13-18)21(25(32)33)23(30)29-22(26(4,5)6)24(31)28-20-9-7-8-14-27-20/h7-9,14,16-19,21-22H,10-13,15H2,1-6H3,(H,29,30)(H,32,33)(H,27,28,31)/t17?,18?,19-,21+,22-/m1/s1. The van der Waals surface area contributed by atoms with Crippen LogP contribution in [0.4, 0.5) is 5.82 Å². The van der Waals surface area contributed by atoms with Crippen molar-refractivity contribution in [2.75, 3.05) is 5.32 Å². The lowest BCUT2D eigenvalue weighted by Crippen LogP contribution is -2.55. The number of aromatic nitrogens is 1. The first kappa shape index (κ1) is 26.8. The first-order valence-corrected chi connectivity index (χ1v) is 12.1. The number of carbonyl (C=O) groups is 3. The van der Waals surface area contributed by atoms with Crippen LogP contribution in [0.3, 0.4) is 0 Å². The molecule has 7 heteroatoms. The lowest BCUT2D eigenvalue weighted by atomic mass is 9.68. The fourth-order valence-corrected chi connectivity index (χ4v) is 4.89. The number of hydrogen-bond donors (Lipinski definition) is 3.